The van der Waals surface area contributed by atoms with E-state index in [-0.39, 0.29) is 50.2 Å². The van der Waals surface area contributed by atoms with Crippen LogP contribution in [-0.2, 0) is 35.3 Å². The highest BCUT2D eigenvalue weighted by atomic mass is 31.2. The lowest BCUT2D eigenvalue weighted by atomic mass is 9.80. The van der Waals surface area contributed by atoms with Crippen LogP contribution < -0.4 is 14.8 Å². The van der Waals surface area contributed by atoms with Crippen molar-refractivity contribution in [3.05, 3.63) is 131 Å². The van der Waals surface area contributed by atoms with E-state index in [2.05, 4.69) is 94.0 Å². The number of ether oxygens (including phenoxy) is 4. The smallest absolute Gasteiger partial charge is 0.259 e. The third kappa shape index (κ3) is 13.9. The Morgan fingerprint density at radius 2 is 1.32 bits per heavy atom. The topological polar surface area (TPSA) is 112 Å². The summed E-state index contributed by atoms with van der Waals surface area (Å²) in [5, 5.41) is 12.5. The number of nitrogens with one attached hydrogen (secondary N) is 1. The molecule has 0 aliphatic carbocycles. The number of hydrogen-bond acceptors (Lipinski definition) is 9. The van der Waals surface area contributed by atoms with Crippen molar-refractivity contribution >= 4 is 14.4 Å². The fourth-order valence-corrected chi connectivity index (χ4v) is 8.82. The largest absolute Gasteiger partial charge is 0.497 e. The predicted molar refractivity (Wildman–Crippen MR) is 240 cm³/mol. The van der Waals surface area contributed by atoms with Gasteiger partial charge >= 0.3 is 0 Å². The van der Waals surface area contributed by atoms with E-state index in [0.29, 0.717) is 25.5 Å². The third-order valence-electron chi connectivity index (χ3n) is 10.1. The van der Waals surface area contributed by atoms with Gasteiger partial charge in [-0.25, -0.2) is 4.67 Å². The van der Waals surface area contributed by atoms with E-state index in [1.54, 1.807) is 14.2 Å². The molecule has 0 aliphatic heterocycles. The molecule has 1 N–H and O–H groups in total. The highest BCUT2D eigenvalue weighted by Crippen LogP contribution is 2.48. The van der Waals surface area contributed by atoms with Crippen molar-refractivity contribution in [1.82, 2.24) is 9.99 Å². The Morgan fingerprint density at radius 1 is 0.750 bits per heavy atom. The summed E-state index contributed by atoms with van der Waals surface area (Å²) in [5.41, 5.74) is 3.93. The van der Waals surface area contributed by atoms with Gasteiger partial charge in [-0.2, -0.15) is 5.26 Å². The molecule has 4 aromatic carbocycles. The Morgan fingerprint density at radius 3 is 1.83 bits per heavy atom. The predicted octanol–water partition coefficient (Wildman–Crippen LogP) is 10.2. The maximum atomic E-state index is 13.1. The minimum Gasteiger partial charge on any atom is -0.497 e. The zero-order valence-corrected chi connectivity index (χ0v) is 38.0. The molecule has 11 heteroatoms. The van der Waals surface area contributed by atoms with Crippen molar-refractivity contribution in [3.8, 4) is 17.6 Å². The number of benzene rings is 4. The second kappa shape index (κ2) is 24.8. The summed E-state index contributed by atoms with van der Waals surface area (Å²) in [5.74, 6) is 1.76. The molecule has 0 radical (unpaired) electrons. The van der Waals surface area contributed by atoms with Crippen LogP contribution in [-0.4, -0.2) is 76.0 Å². The van der Waals surface area contributed by atoms with Crippen molar-refractivity contribution in [3.63, 3.8) is 0 Å². The van der Waals surface area contributed by atoms with Crippen molar-refractivity contribution in [1.29, 1.82) is 5.26 Å². The van der Waals surface area contributed by atoms with Crippen molar-refractivity contribution in [2.45, 2.75) is 97.4 Å². The average molecular weight is 840 g/mol. The van der Waals surface area contributed by atoms with Crippen LogP contribution in [0.2, 0.25) is 0 Å². The molecule has 4 rings (SSSR count). The Hall–Kier alpha value is -4.33. The molecule has 60 heavy (non-hydrogen) atoms. The maximum Gasteiger partial charge on any atom is 0.259 e. The van der Waals surface area contributed by atoms with E-state index in [0.717, 1.165) is 40.2 Å². The molecule has 0 spiro atoms. The Labute approximate surface area is 360 Å². The molecule has 0 aliphatic rings. The number of carbonyl (C=O) groups excluding carboxylic acids is 1. The van der Waals surface area contributed by atoms with Gasteiger partial charge in [-0.3, -0.25) is 4.79 Å². The minimum absolute atomic E-state index is 0.0156. The summed E-state index contributed by atoms with van der Waals surface area (Å²) < 4.78 is 40.1. The first-order valence-electron chi connectivity index (χ1n) is 21.1. The van der Waals surface area contributed by atoms with Crippen LogP contribution in [0.15, 0.2) is 103 Å². The van der Waals surface area contributed by atoms with E-state index >= 15 is 0 Å². The van der Waals surface area contributed by atoms with E-state index in [9.17, 15) is 10.1 Å². The zero-order chi connectivity index (χ0) is 43.5. The van der Waals surface area contributed by atoms with Gasteiger partial charge in [0.15, 0.2) is 0 Å². The first kappa shape index (κ1) is 48.3. The molecule has 0 fully saturated rings. The zero-order valence-electron chi connectivity index (χ0n) is 37.1. The normalized spacial score (nSPS) is 13.3. The molecular weight excluding hydrogens is 774 g/mol. The second-order valence-electron chi connectivity index (χ2n) is 15.9. The summed E-state index contributed by atoms with van der Waals surface area (Å²) >= 11 is 0. The molecule has 0 bridgehead atoms. The van der Waals surface area contributed by atoms with E-state index in [1.807, 2.05) is 73.7 Å². The Kier molecular flexibility index (Phi) is 20.0. The van der Waals surface area contributed by atoms with Crippen LogP contribution in [0.25, 0.3) is 0 Å². The second-order valence-corrected chi connectivity index (χ2v) is 17.3. The van der Waals surface area contributed by atoms with Crippen LogP contribution in [0.4, 0.5) is 0 Å². The van der Waals surface area contributed by atoms with E-state index in [1.165, 1.54) is 5.56 Å². The molecule has 1 amide bonds. The molecular formula is C49H66N3O7P. The minimum atomic E-state index is -1.62. The van der Waals surface area contributed by atoms with Gasteiger partial charge in [0.1, 0.15) is 23.2 Å². The number of amides is 1. The van der Waals surface area contributed by atoms with Crippen LogP contribution in [0, 0.1) is 17.2 Å². The maximum absolute atomic E-state index is 13.1. The van der Waals surface area contributed by atoms with Crippen LogP contribution in [0.3, 0.4) is 0 Å². The third-order valence-corrected chi connectivity index (χ3v) is 12.3. The average Bonchev–Trinajstić information content (AvgIpc) is 3.25. The van der Waals surface area contributed by atoms with Gasteiger partial charge in [0.25, 0.3) is 8.53 Å². The monoisotopic (exact) mass is 839 g/mol. The van der Waals surface area contributed by atoms with E-state index < -0.39 is 20.2 Å². The summed E-state index contributed by atoms with van der Waals surface area (Å²) in [7, 11) is 1.68. The highest BCUT2D eigenvalue weighted by molar-refractivity contribution is 7.44. The number of rotatable bonds is 26. The number of methoxy groups -OCH3 is 2. The fourth-order valence-electron chi connectivity index (χ4n) is 7.14. The molecule has 4 aromatic rings. The molecule has 3 unspecified atom stereocenters. The fraction of sp³-hybridized carbons (Fsp3) is 0.469. The number of nitriles is 1. The molecule has 324 valence electrons. The molecule has 3 atom stereocenters. The SMILES string of the molecule is COc1ccc(C(OCC(COCCCNC(=O)C(C)c2ccc(CC(C)C)cc2)OP(OCCC#N)N(C(C)C)C(C)C)(c2ccccc2)c2ccc(OC)cc2)cc1. The summed E-state index contributed by atoms with van der Waals surface area (Å²) in [6.07, 6.45) is 1.29. The van der Waals surface area contributed by atoms with Gasteiger partial charge in [-0.1, -0.05) is 92.7 Å². The lowest BCUT2D eigenvalue weighted by Crippen LogP contribution is -2.39. The first-order chi connectivity index (χ1) is 28.9. The Bertz CT molecular complexity index is 1810. The van der Waals surface area contributed by atoms with Gasteiger partial charge in [0.2, 0.25) is 5.91 Å². The summed E-state index contributed by atoms with van der Waals surface area (Å²) in [6, 6.07) is 36.7. The quantitative estimate of drug-likeness (QED) is 0.0375. The van der Waals surface area contributed by atoms with Crippen molar-refractivity contribution in [2.75, 3.05) is 47.2 Å². The lowest BCUT2D eigenvalue weighted by Gasteiger charge is -2.39. The molecule has 0 heterocycles. The number of hydrogen-bond donors (Lipinski definition) is 1. The molecule has 0 saturated heterocycles. The first-order valence-corrected chi connectivity index (χ1v) is 22.2. The van der Waals surface area contributed by atoms with Crippen LogP contribution in [0.1, 0.15) is 95.0 Å². The number of nitrogens with zero attached hydrogens (tertiary/aromatic N) is 2. The van der Waals surface area contributed by atoms with Crippen molar-refractivity contribution in [2.24, 2.45) is 5.92 Å². The summed E-state index contributed by atoms with van der Waals surface area (Å²) in [4.78, 5) is 13.1. The van der Waals surface area contributed by atoms with Crippen molar-refractivity contribution < 1.29 is 32.8 Å². The van der Waals surface area contributed by atoms with Crippen LogP contribution in [0.5, 0.6) is 11.5 Å². The number of carbonyl (C=O) groups is 1. The van der Waals surface area contributed by atoms with Gasteiger partial charge in [0.05, 0.1) is 52.4 Å². The van der Waals surface area contributed by atoms with Gasteiger partial charge in [0, 0.05) is 25.2 Å². The molecule has 0 aromatic heterocycles. The van der Waals surface area contributed by atoms with Gasteiger partial charge in [-0.15, -0.1) is 0 Å². The van der Waals surface area contributed by atoms with Crippen LogP contribution >= 0.6 is 8.53 Å². The highest BCUT2D eigenvalue weighted by Gasteiger charge is 2.40. The molecule has 10 nitrogen and oxygen atoms in total. The summed E-state index contributed by atoms with van der Waals surface area (Å²) in [6.45, 7) is 16.2. The van der Waals surface area contributed by atoms with E-state index in [4.69, 9.17) is 28.0 Å². The lowest BCUT2D eigenvalue weighted by molar-refractivity contribution is -0.122. The standard InChI is InChI=1S/C49H66N3O7P/c1-36(2)33-40-17-19-41(20-18-40)39(7)48(53)51-30-14-31-56-34-47(59-60(58-32-13-29-50)52(37(3)4)38(5)6)35-57-49(42-15-11-10-12-16-42,43-21-25-45(54-8)26-22-43)44-23-27-46(55-9)28-24-44/h10-12,15-28,36-39,47H,13-14,30-35H2,1-9H3,(H,51,53). The van der Waals surface area contributed by atoms with Gasteiger partial charge < -0.3 is 33.3 Å². The van der Waals surface area contributed by atoms with Gasteiger partial charge in [-0.05, 0) is 105 Å². The molecule has 0 saturated carbocycles. The Balaban J connectivity index is 1.59.